The van der Waals surface area contributed by atoms with Crippen LogP contribution < -0.4 is 0 Å². The second-order valence-electron chi connectivity index (χ2n) is 3.28. The van der Waals surface area contributed by atoms with E-state index >= 15 is 0 Å². The molecule has 1 amide bonds. The molecule has 0 aromatic heterocycles. The second kappa shape index (κ2) is 5.91. The normalized spacial score (nSPS) is 22.8. The van der Waals surface area contributed by atoms with Crippen LogP contribution in [0.2, 0.25) is 0 Å². The van der Waals surface area contributed by atoms with E-state index in [1.807, 2.05) is 16.7 Å². The summed E-state index contributed by atoms with van der Waals surface area (Å²) in [7, 11) is 0. The number of hydrogen-bond donors (Lipinski definition) is 0. The molecule has 76 valence electrons. The lowest BCUT2D eigenvalue weighted by Gasteiger charge is -2.14. The Morgan fingerprint density at radius 2 is 2.38 bits per heavy atom. The number of amides is 1. The van der Waals surface area contributed by atoms with Crippen molar-refractivity contribution in [2.75, 3.05) is 25.1 Å². The van der Waals surface area contributed by atoms with Gasteiger partial charge < -0.3 is 4.90 Å². The van der Waals surface area contributed by atoms with E-state index in [0.29, 0.717) is 0 Å². The van der Waals surface area contributed by atoms with Crippen molar-refractivity contribution in [3.8, 4) is 0 Å². The minimum Gasteiger partial charge on any atom is -0.342 e. The van der Waals surface area contributed by atoms with Crippen molar-refractivity contribution in [2.45, 2.75) is 24.1 Å². The highest BCUT2D eigenvalue weighted by Gasteiger charge is 2.28. The zero-order chi connectivity index (χ0) is 9.68. The average molecular weight is 266 g/mol. The van der Waals surface area contributed by atoms with Gasteiger partial charge in [-0.3, -0.25) is 4.79 Å². The Balaban J connectivity index is 2.12. The van der Waals surface area contributed by atoms with E-state index in [4.69, 9.17) is 0 Å². The largest absolute Gasteiger partial charge is 0.342 e. The van der Waals surface area contributed by atoms with Crippen molar-refractivity contribution in [3.63, 3.8) is 0 Å². The molecule has 0 bridgehead atoms. The number of alkyl halides is 1. The van der Waals surface area contributed by atoms with Gasteiger partial charge in [0.05, 0.1) is 4.83 Å². The molecule has 0 aromatic rings. The molecule has 0 saturated carbocycles. The first-order valence-corrected chi connectivity index (χ1v) is 6.98. The van der Waals surface area contributed by atoms with E-state index in [1.54, 1.807) is 0 Å². The van der Waals surface area contributed by atoms with Crippen LogP contribution in [0.3, 0.4) is 0 Å². The third-order valence-corrected chi connectivity index (χ3v) is 3.81. The van der Waals surface area contributed by atoms with E-state index in [0.717, 1.165) is 25.9 Å². The number of unbranched alkanes of at least 4 members (excludes halogenated alkanes) is 1. The summed E-state index contributed by atoms with van der Waals surface area (Å²) in [6.07, 6.45) is 5.46. The maximum Gasteiger partial charge on any atom is 0.236 e. The molecule has 0 N–H and O–H groups in total. The first kappa shape index (κ1) is 11.4. The molecule has 1 fully saturated rings. The van der Waals surface area contributed by atoms with Crippen LogP contribution in [0.1, 0.15) is 19.3 Å². The maximum atomic E-state index is 11.4. The Kier molecular flexibility index (Phi) is 5.17. The monoisotopic (exact) mass is 265 g/mol. The average Bonchev–Trinajstić information content (AvgIpc) is 2.43. The topological polar surface area (TPSA) is 20.3 Å². The van der Waals surface area contributed by atoms with Gasteiger partial charge in [-0.2, -0.15) is 11.8 Å². The Morgan fingerprint density at radius 3 is 2.92 bits per heavy atom. The summed E-state index contributed by atoms with van der Waals surface area (Å²) in [5.41, 5.74) is 0. The molecule has 1 rings (SSSR count). The van der Waals surface area contributed by atoms with Crippen molar-refractivity contribution in [1.82, 2.24) is 4.90 Å². The molecule has 1 heterocycles. The number of hydrogen-bond acceptors (Lipinski definition) is 2. The van der Waals surface area contributed by atoms with E-state index in [-0.39, 0.29) is 10.7 Å². The lowest BCUT2D eigenvalue weighted by Crippen LogP contribution is -2.28. The quantitative estimate of drug-likeness (QED) is 0.561. The molecule has 0 aromatic carbocycles. The second-order valence-corrected chi connectivity index (χ2v) is 5.37. The van der Waals surface area contributed by atoms with Crippen molar-refractivity contribution in [3.05, 3.63) is 0 Å². The zero-order valence-corrected chi connectivity index (χ0v) is 10.4. The number of halogens is 1. The molecule has 2 nitrogen and oxygen atoms in total. The molecule has 13 heavy (non-hydrogen) atoms. The minimum absolute atomic E-state index is 0.0908. The smallest absolute Gasteiger partial charge is 0.236 e. The van der Waals surface area contributed by atoms with E-state index in [1.165, 1.54) is 12.2 Å². The van der Waals surface area contributed by atoms with Gasteiger partial charge in [-0.05, 0) is 31.3 Å². The predicted octanol–water partition coefficient (Wildman–Crippen LogP) is 2.13. The summed E-state index contributed by atoms with van der Waals surface area (Å²) < 4.78 is 0. The van der Waals surface area contributed by atoms with Gasteiger partial charge in [-0.15, -0.1) is 0 Å². The summed E-state index contributed by atoms with van der Waals surface area (Å²) >= 11 is 5.24. The Morgan fingerprint density at radius 1 is 1.62 bits per heavy atom. The molecule has 1 atom stereocenters. The highest BCUT2D eigenvalue weighted by Crippen LogP contribution is 2.18. The maximum absolute atomic E-state index is 11.4. The minimum atomic E-state index is 0.0908. The fraction of sp³-hybridized carbons (Fsp3) is 0.889. The zero-order valence-electron chi connectivity index (χ0n) is 7.96. The van der Waals surface area contributed by atoms with Gasteiger partial charge >= 0.3 is 0 Å². The fourth-order valence-electron chi connectivity index (χ4n) is 1.47. The standard InChI is InChI=1S/C9H16BrNOS/c1-13-7-3-2-5-11-6-4-8(10)9(11)12/h8H,2-7H2,1H3. The van der Waals surface area contributed by atoms with Gasteiger partial charge in [0.2, 0.25) is 5.91 Å². The Hall–Kier alpha value is 0.300. The van der Waals surface area contributed by atoms with Crippen LogP contribution in [0.15, 0.2) is 0 Å². The van der Waals surface area contributed by atoms with E-state index < -0.39 is 0 Å². The van der Waals surface area contributed by atoms with Crippen LogP contribution in [0.4, 0.5) is 0 Å². The summed E-state index contributed by atoms with van der Waals surface area (Å²) in [5.74, 6) is 1.49. The molecule has 1 saturated heterocycles. The van der Waals surface area contributed by atoms with Crippen molar-refractivity contribution in [2.24, 2.45) is 0 Å². The third-order valence-electron chi connectivity index (χ3n) is 2.26. The van der Waals surface area contributed by atoms with Crippen LogP contribution in [0.5, 0.6) is 0 Å². The van der Waals surface area contributed by atoms with Gasteiger partial charge in [0.15, 0.2) is 0 Å². The van der Waals surface area contributed by atoms with Crippen molar-refractivity contribution >= 4 is 33.6 Å². The van der Waals surface area contributed by atoms with Crippen molar-refractivity contribution in [1.29, 1.82) is 0 Å². The SMILES string of the molecule is CSCCCCN1CCC(Br)C1=O. The number of carbonyl (C=O) groups is 1. The number of thioether (sulfide) groups is 1. The first-order chi connectivity index (χ1) is 6.25. The molecule has 4 heteroatoms. The van der Waals surface area contributed by atoms with Crippen LogP contribution >= 0.6 is 27.7 Å². The fourth-order valence-corrected chi connectivity index (χ4v) is 2.46. The van der Waals surface area contributed by atoms with E-state index in [2.05, 4.69) is 22.2 Å². The summed E-state index contributed by atoms with van der Waals surface area (Å²) in [6, 6.07) is 0. The summed E-state index contributed by atoms with van der Waals surface area (Å²) in [5, 5.41) is 0. The highest BCUT2D eigenvalue weighted by atomic mass is 79.9. The van der Waals surface area contributed by atoms with Gasteiger partial charge in [0, 0.05) is 13.1 Å². The molecule has 1 aliphatic heterocycles. The van der Waals surface area contributed by atoms with Crippen LogP contribution in [-0.4, -0.2) is 40.7 Å². The molecule has 1 aliphatic rings. The van der Waals surface area contributed by atoms with Crippen LogP contribution in [0, 0.1) is 0 Å². The van der Waals surface area contributed by atoms with Gasteiger partial charge in [0.25, 0.3) is 0 Å². The third kappa shape index (κ3) is 3.50. The predicted molar refractivity (Wildman–Crippen MR) is 61.5 cm³/mol. The summed E-state index contributed by atoms with van der Waals surface area (Å²) in [4.78, 5) is 13.5. The number of likely N-dealkylation sites (tertiary alicyclic amines) is 1. The van der Waals surface area contributed by atoms with Gasteiger partial charge in [-0.1, -0.05) is 15.9 Å². The molecule has 0 spiro atoms. The van der Waals surface area contributed by atoms with Crippen LogP contribution in [-0.2, 0) is 4.79 Å². The molecular formula is C9H16BrNOS. The number of rotatable bonds is 5. The number of carbonyl (C=O) groups excluding carboxylic acids is 1. The molecule has 1 unspecified atom stereocenters. The van der Waals surface area contributed by atoms with E-state index in [9.17, 15) is 4.79 Å². The van der Waals surface area contributed by atoms with Crippen molar-refractivity contribution < 1.29 is 4.79 Å². The summed E-state index contributed by atoms with van der Waals surface area (Å²) in [6.45, 7) is 1.88. The molecular weight excluding hydrogens is 250 g/mol. The highest BCUT2D eigenvalue weighted by molar-refractivity contribution is 9.10. The Bertz CT molecular complexity index is 177. The lowest BCUT2D eigenvalue weighted by molar-refractivity contribution is -0.127. The first-order valence-electron chi connectivity index (χ1n) is 4.67. The lowest BCUT2D eigenvalue weighted by atomic mass is 10.3. The Labute approximate surface area is 92.6 Å². The van der Waals surface area contributed by atoms with Gasteiger partial charge in [0.1, 0.15) is 0 Å². The molecule has 0 radical (unpaired) electrons. The van der Waals surface area contributed by atoms with Crippen LogP contribution in [0.25, 0.3) is 0 Å². The molecule has 0 aliphatic carbocycles. The number of nitrogens with zero attached hydrogens (tertiary/aromatic N) is 1. The van der Waals surface area contributed by atoms with Gasteiger partial charge in [-0.25, -0.2) is 0 Å².